The first-order chi connectivity index (χ1) is 18.1. The zero-order chi connectivity index (χ0) is 27.0. The van der Waals surface area contributed by atoms with Gasteiger partial charge in [0.1, 0.15) is 5.82 Å². The number of hydrogen-bond donors (Lipinski definition) is 3. The van der Waals surface area contributed by atoms with E-state index in [1.165, 1.54) is 24.3 Å². The number of alkyl halides is 3. The van der Waals surface area contributed by atoms with Crippen LogP contribution in [0.4, 0.5) is 36.3 Å². The zero-order valence-corrected chi connectivity index (χ0v) is 19.6. The highest BCUT2D eigenvalue weighted by atomic mass is 19.4. The lowest BCUT2D eigenvalue weighted by Gasteiger charge is -2.21. The van der Waals surface area contributed by atoms with Crippen LogP contribution in [0.5, 0.6) is 0 Å². The number of nitrogens with zero attached hydrogens (tertiary/aromatic N) is 3. The number of fused-ring (bicyclic) bond motifs is 1. The van der Waals surface area contributed by atoms with E-state index >= 15 is 0 Å². The third-order valence-electron chi connectivity index (χ3n) is 5.53. The molecule has 2 aromatic heterocycles. The van der Waals surface area contributed by atoms with Crippen molar-refractivity contribution in [3.63, 3.8) is 0 Å². The van der Waals surface area contributed by atoms with Crippen molar-refractivity contribution in [2.45, 2.75) is 32.0 Å². The van der Waals surface area contributed by atoms with Gasteiger partial charge in [-0.25, -0.2) is 14.6 Å². The second-order valence-corrected chi connectivity index (χ2v) is 8.52. The fraction of sp³-hybridized carbons (Fsp3) is 0.208. The van der Waals surface area contributed by atoms with Crippen LogP contribution in [0.15, 0.2) is 57.9 Å². The molecule has 0 unspecified atom stereocenters. The van der Waals surface area contributed by atoms with Crippen LogP contribution < -0.4 is 16.4 Å². The maximum absolute atomic E-state index is 12.7. The number of aromatic nitrogens is 3. The topological polar surface area (TPSA) is 142 Å². The minimum atomic E-state index is -5.21. The standard InChI is InChI=1S/C24H19F3N6O5/c1-12-11-28-22(32-19(12)29-15-6-9-18-17(10-15)31-23(36)37-18)30-14-4-2-13(3-5-14)20(34)33(16-7-8-16)38-21(35)24(25,26)27/h2-6,9-11,16H,7-8H2,1H3,(H,31,36)(H2,28,29,30,32). The van der Waals surface area contributed by atoms with Crippen molar-refractivity contribution in [1.82, 2.24) is 20.0 Å². The number of rotatable bonds is 6. The van der Waals surface area contributed by atoms with Crippen molar-refractivity contribution in [2.75, 3.05) is 10.6 Å². The molecule has 38 heavy (non-hydrogen) atoms. The maximum Gasteiger partial charge on any atom is 0.493 e. The van der Waals surface area contributed by atoms with Crippen LogP contribution in [0.2, 0.25) is 0 Å². The number of amides is 1. The smallest absolute Gasteiger partial charge is 0.408 e. The van der Waals surface area contributed by atoms with Crippen molar-refractivity contribution in [2.24, 2.45) is 0 Å². The molecule has 0 saturated heterocycles. The van der Waals surface area contributed by atoms with Crippen LogP contribution in [0.25, 0.3) is 11.1 Å². The number of oxazole rings is 1. The Morgan fingerprint density at radius 3 is 2.50 bits per heavy atom. The van der Waals surface area contributed by atoms with Gasteiger partial charge < -0.3 is 19.9 Å². The first-order valence-electron chi connectivity index (χ1n) is 11.3. The fourth-order valence-electron chi connectivity index (χ4n) is 3.48. The van der Waals surface area contributed by atoms with Crippen LogP contribution in [0, 0.1) is 6.92 Å². The van der Waals surface area contributed by atoms with Gasteiger partial charge in [0.2, 0.25) is 5.95 Å². The van der Waals surface area contributed by atoms with Gasteiger partial charge in [-0.15, -0.1) is 0 Å². The summed E-state index contributed by atoms with van der Waals surface area (Å²) in [5, 5.41) is 6.62. The SMILES string of the molecule is Cc1cnc(Nc2ccc(C(=O)N(OC(=O)C(F)(F)F)C3CC3)cc2)nc1Nc1ccc2oc(=O)[nH]c2c1. The van der Waals surface area contributed by atoms with Gasteiger partial charge in [0.15, 0.2) is 5.58 Å². The molecule has 196 valence electrons. The predicted molar refractivity (Wildman–Crippen MR) is 128 cm³/mol. The highest BCUT2D eigenvalue weighted by Gasteiger charge is 2.46. The average molecular weight is 528 g/mol. The molecule has 1 aliphatic rings. The van der Waals surface area contributed by atoms with E-state index in [1.807, 2.05) is 6.92 Å². The summed E-state index contributed by atoms with van der Waals surface area (Å²) in [5.74, 6) is -3.14. The van der Waals surface area contributed by atoms with Gasteiger partial charge in [-0.2, -0.15) is 23.2 Å². The van der Waals surface area contributed by atoms with Crippen LogP contribution in [-0.2, 0) is 9.63 Å². The normalized spacial score (nSPS) is 13.3. The number of aryl methyl sites for hydroxylation is 1. The Kier molecular flexibility index (Phi) is 6.22. The van der Waals surface area contributed by atoms with Gasteiger partial charge in [0.25, 0.3) is 5.91 Å². The lowest BCUT2D eigenvalue weighted by Crippen LogP contribution is -2.40. The summed E-state index contributed by atoms with van der Waals surface area (Å²) in [7, 11) is 0. The summed E-state index contributed by atoms with van der Waals surface area (Å²) in [4.78, 5) is 50.9. The van der Waals surface area contributed by atoms with Gasteiger partial charge in [-0.05, 0) is 62.2 Å². The van der Waals surface area contributed by atoms with Gasteiger partial charge in [-0.3, -0.25) is 9.78 Å². The largest absolute Gasteiger partial charge is 0.493 e. The monoisotopic (exact) mass is 528 g/mol. The molecule has 2 aromatic carbocycles. The molecule has 0 aliphatic heterocycles. The predicted octanol–water partition coefficient (Wildman–Crippen LogP) is 4.33. The molecule has 4 aromatic rings. The molecule has 0 bridgehead atoms. The minimum Gasteiger partial charge on any atom is -0.408 e. The third-order valence-corrected chi connectivity index (χ3v) is 5.53. The number of hydroxylamine groups is 2. The van der Waals surface area contributed by atoms with E-state index in [4.69, 9.17) is 4.42 Å². The zero-order valence-electron chi connectivity index (χ0n) is 19.6. The van der Waals surface area contributed by atoms with Crippen molar-refractivity contribution >= 4 is 46.1 Å². The number of halogens is 3. The van der Waals surface area contributed by atoms with E-state index in [1.54, 1.807) is 24.4 Å². The van der Waals surface area contributed by atoms with E-state index in [0.717, 1.165) is 5.56 Å². The summed E-state index contributed by atoms with van der Waals surface area (Å²) in [6.07, 6.45) is -2.75. The van der Waals surface area contributed by atoms with Gasteiger partial charge in [-0.1, -0.05) is 0 Å². The number of anilines is 4. The fourth-order valence-corrected chi connectivity index (χ4v) is 3.48. The Morgan fingerprint density at radius 1 is 1.11 bits per heavy atom. The molecular weight excluding hydrogens is 509 g/mol. The van der Waals surface area contributed by atoms with E-state index in [-0.39, 0.29) is 11.5 Å². The highest BCUT2D eigenvalue weighted by molar-refractivity contribution is 5.95. The summed E-state index contributed by atoms with van der Waals surface area (Å²) in [5.41, 5.74) is 2.87. The molecule has 3 N–H and O–H groups in total. The van der Waals surface area contributed by atoms with Crippen LogP contribution in [-0.4, -0.2) is 44.1 Å². The molecule has 11 nitrogen and oxygen atoms in total. The molecule has 0 atom stereocenters. The van der Waals surface area contributed by atoms with Crippen LogP contribution in [0.3, 0.4) is 0 Å². The van der Waals surface area contributed by atoms with E-state index in [2.05, 4.69) is 30.4 Å². The van der Waals surface area contributed by atoms with Crippen LogP contribution in [0.1, 0.15) is 28.8 Å². The average Bonchev–Trinajstić information content (AvgIpc) is 3.64. The summed E-state index contributed by atoms with van der Waals surface area (Å²) >= 11 is 0. The third kappa shape index (κ3) is 5.43. The molecule has 14 heteroatoms. The molecule has 0 radical (unpaired) electrons. The number of H-pyrrole nitrogens is 1. The number of benzene rings is 2. The van der Waals surface area contributed by atoms with Crippen LogP contribution >= 0.6 is 0 Å². The Hall–Kier alpha value is -4.88. The number of carbonyl (C=O) groups is 2. The maximum atomic E-state index is 12.7. The highest BCUT2D eigenvalue weighted by Crippen LogP contribution is 2.31. The van der Waals surface area contributed by atoms with Crippen molar-refractivity contribution in [3.8, 4) is 0 Å². The molecule has 1 amide bonds. The number of aromatic amines is 1. The molecule has 1 aliphatic carbocycles. The van der Waals surface area contributed by atoms with Crippen molar-refractivity contribution < 1.29 is 32.0 Å². The Labute approximate surface area is 211 Å². The lowest BCUT2D eigenvalue weighted by molar-refractivity contribution is -0.230. The van der Waals surface area contributed by atoms with E-state index < -0.39 is 29.9 Å². The molecule has 0 spiro atoms. The second-order valence-electron chi connectivity index (χ2n) is 8.52. The van der Waals surface area contributed by atoms with E-state index in [0.29, 0.717) is 46.2 Å². The summed E-state index contributed by atoms with van der Waals surface area (Å²) < 4.78 is 42.8. The second kappa shape index (κ2) is 9.53. The Morgan fingerprint density at radius 2 is 1.82 bits per heavy atom. The molecule has 1 saturated carbocycles. The van der Waals surface area contributed by atoms with Gasteiger partial charge >= 0.3 is 17.9 Å². The number of nitrogens with one attached hydrogen (secondary N) is 3. The van der Waals surface area contributed by atoms with Gasteiger partial charge in [0, 0.05) is 28.7 Å². The quantitative estimate of drug-likeness (QED) is 0.312. The van der Waals surface area contributed by atoms with E-state index in [9.17, 15) is 27.6 Å². The number of hydrogen-bond acceptors (Lipinski definition) is 9. The van der Waals surface area contributed by atoms with Crippen molar-refractivity contribution in [1.29, 1.82) is 0 Å². The first-order valence-corrected chi connectivity index (χ1v) is 11.3. The minimum absolute atomic E-state index is 0.0392. The molecule has 2 heterocycles. The molecular formula is C24H19F3N6O5. The van der Waals surface area contributed by atoms with Crippen molar-refractivity contribution in [3.05, 3.63) is 70.3 Å². The lowest BCUT2D eigenvalue weighted by atomic mass is 10.2. The number of carbonyl (C=O) groups excluding carboxylic acids is 2. The molecule has 1 fully saturated rings. The summed E-state index contributed by atoms with van der Waals surface area (Å²) in [6.45, 7) is 1.81. The Bertz CT molecular complexity index is 1580. The first kappa shape index (κ1) is 24.8. The Balaban J connectivity index is 1.28. The summed E-state index contributed by atoms with van der Waals surface area (Å²) in [6, 6.07) is 10.3. The molecule has 5 rings (SSSR count). The van der Waals surface area contributed by atoms with Gasteiger partial charge in [0.05, 0.1) is 11.6 Å².